The van der Waals surface area contributed by atoms with Crippen molar-refractivity contribution >= 4 is 33.3 Å². The summed E-state index contributed by atoms with van der Waals surface area (Å²) in [6.07, 6.45) is 1.69. The van der Waals surface area contributed by atoms with Gasteiger partial charge in [-0.3, -0.25) is 14.3 Å². The lowest BCUT2D eigenvalue weighted by molar-refractivity contribution is -0.137. The average molecular weight is 460 g/mol. The van der Waals surface area contributed by atoms with Crippen molar-refractivity contribution in [2.24, 2.45) is 5.10 Å². The fraction of sp³-hybridized carbons (Fsp3) is 0.318. The van der Waals surface area contributed by atoms with Crippen LogP contribution in [0.1, 0.15) is 42.9 Å². The predicted molar refractivity (Wildman–Crippen MR) is 120 cm³/mol. The molecule has 1 amide bonds. The van der Waals surface area contributed by atoms with Crippen LogP contribution in [0.2, 0.25) is 0 Å². The third kappa shape index (κ3) is 6.07. The maximum absolute atomic E-state index is 12.9. The van der Waals surface area contributed by atoms with E-state index in [0.29, 0.717) is 29.1 Å². The zero-order valence-electron chi connectivity index (χ0n) is 17.8. The van der Waals surface area contributed by atoms with Gasteiger partial charge in [0.2, 0.25) is 15.9 Å². The Morgan fingerprint density at radius 1 is 1.19 bits per heavy atom. The summed E-state index contributed by atoms with van der Waals surface area (Å²) in [7, 11) is -1.86. The highest BCUT2D eigenvalue weighted by molar-refractivity contribution is 7.92. The number of carboxylic acids is 1. The Bertz CT molecular complexity index is 1130. The van der Waals surface area contributed by atoms with Gasteiger partial charge in [0, 0.05) is 24.9 Å². The number of hydrogen-bond donors (Lipinski definition) is 2. The first-order valence-corrected chi connectivity index (χ1v) is 11.9. The van der Waals surface area contributed by atoms with Crippen LogP contribution < -0.4 is 9.46 Å². The molecule has 3 rings (SSSR count). The standard InChI is InChI=1S/C22H25N3O6S/c1-31-18-11-9-15(10-12-18)20-14-19(23-25(20)21(26)7-4-8-22(27)28)16-5-3-6-17(13-16)24-32(2,29)30/h3,5-6,9-13,20,24H,4,7-8,14H2,1-2H3,(H,27,28)/t20-/m1/s1. The molecule has 2 aromatic rings. The molecule has 0 spiro atoms. The molecule has 0 fully saturated rings. The number of methoxy groups -OCH3 is 1. The monoisotopic (exact) mass is 459 g/mol. The summed E-state index contributed by atoms with van der Waals surface area (Å²) in [5.74, 6) is -0.537. The molecule has 9 nitrogen and oxygen atoms in total. The van der Waals surface area contributed by atoms with Crippen LogP contribution in [-0.4, -0.2) is 49.5 Å². The van der Waals surface area contributed by atoms with E-state index in [1.165, 1.54) is 5.01 Å². The van der Waals surface area contributed by atoms with E-state index in [0.717, 1.165) is 11.8 Å². The minimum atomic E-state index is -3.43. The number of nitrogens with zero attached hydrogens (tertiary/aromatic N) is 2. The van der Waals surface area contributed by atoms with Crippen molar-refractivity contribution in [1.82, 2.24) is 5.01 Å². The molecule has 1 atom stereocenters. The molecular formula is C22H25N3O6S. The number of carboxylic acid groups (broad SMARTS) is 1. The number of ether oxygens (including phenoxy) is 1. The number of hydrazone groups is 1. The lowest BCUT2D eigenvalue weighted by Gasteiger charge is -2.22. The molecule has 1 aliphatic rings. The van der Waals surface area contributed by atoms with E-state index in [2.05, 4.69) is 9.82 Å². The number of carbonyl (C=O) groups is 2. The lowest BCUT2D eigenvalue weighted by atomic mass is 9.98. The summed E-state index contributed by atoms with van der Waals surface area (Å²) in [6, 6.07) is 13.8. The molecule has 1 aliphatic heterocycles. The third-order valence-electron chi connectivity index (χ3n) is 4.95. The van der Waals surface area contributed by atoms with Gasteiger partial charge in [-0.25, -0.2) is 13.4 Å². The molecule has 2 N–H and O–H groups in total. The minimum absolute atomic E-state index is 0.0609. The van der Waals surface area contributed by atoms with Gasteiger partial charge >= 0.3 is 5.97 Å². The summed E-state index contributed by atoms with van der Waals surface area (Å²) < 4.78 is 30.8. The summed E-state index contributed by atoms with van der Waals surface area (Å²) >= 11 is 0. The Labute approximate surface area is 186 Å². The van der Waals surface area contributed by atoms with Crippen LogP contribution >= 0.6 is 0 Å². The molecule has 0 bridgehead atoms. The maximum atomic E-state index is 12.9. The van der Waals surface area contributed by atoms with Crippen molar-refractivity contribution in [2.75, 3.05) is 18.1 Å². The lowest BCUT2D eigenvalue weighted by Crippen LogP contribution is -2.27. The minimum Gasteiger partial charge on any atom is -0.497 e. The van der Waals surface area contributed by atoms with Gasteiger partial charge in [0.05, 0.1) is 25.1 Å². The van der Waals surface area contributed by atoms with Crippen LogP contribution in [0.5, 0.6) is 5.75 Å². The molecule has 0 aromatic heterocycles. The van der Waals surface area contributed by atoms with E-state index < -0.39 is 16.0 Å². The van der Waals surface area contributed by atoms with Crippen molar-refractivity contribution in [3.8, 4) is 5.75 Å². The average Bonchev–Trinajstić information content (AvgIpc) is 3.18. The number of amides is 1. The number of rotatable bonds is 9. The number of carbonyl (C=O) groups excluding carboxylic acids is 1. The van der Waals surface area contributed by atoms with Crippen LogP contribution in [-0.2, 0) is 19.6 Å². The topological polar surface area (TPSA) is 125 Å². The molecule has 170 valence electrons. The molecular weight excluding hydrogens is 434 g/mol. The third-order valence-corrected chi connectivity index (χ3v) is 5.55. The quantitative estimate of drug-likeness (QED) is 0.594. The van der Waals surface area contributed by atoms with Gasteiger partial charge in [-0.05, 0) is 41.8 Å². The molecule has 0 aliphatic carbocycles. The van der Waals surface area contributed by atoms with Crippen LogP contribution in [0.3, 0.4) is 0 Å². The van der Waals surface area contributed by atoms with Gasteiger partial charge in [0.15, 0.2) is 0 Å². The SMILES string of the molecule is COc1ccc([C@H]2CC(c3cccc(NS(C)(=O)=O)c3)=NN2C(=O)CCCC(=O)O)cc1. The molecule has 10 heteroatoms. The zero-order valence-corrected chi connectivity index (χ0v) is 18.6. The Kier molecular flexibility index (Phi) is 7.14. The Hall–Kier alpha value is -3.40. The Balaban J connectivity index is 1.89. The first-order valence-electron chi connectivity index (χ1n) is 10.00. The zero-order chi connectivity index (χ0) is 23.3. The van der Waals surface area contributed by atoms with Crippen molar-refractivity contribution in [3.63, 3.8) is 0 Å². The van der Waals surface area contributed by atoms with E-state index in [1.807, 2.05) is 12.1 Å². The van der Waals surface area contributed by atoms with Crippen molar-refractivity contribution in [3.05, 3.63) is 59.7 Å². The van der Waals surface area contributed by atoms with Crippen LogP contribution in [0.15, 0.2) is 53.6 Å². The molecule has 32 heavy (non-hydrogen) atoms. The fourth-order valence-electron chi connectivity index (χ4n) is 3.48. The van der Waals surface area contributed by atoms with E-state index in [4.69, 9.17) is 9.84 Å². The maximum Gasteiger partial charge on any atom is 0.303 e. The van der Waals surface area contributed by atoms with Crippen LogP contribution in [0.4, 0.5) is 5.69 Å². The summed E-state index contributed by atoms with van der Waals surface area (Å²) in [6.45, 7) is 0. The molecule has 0 saturated carbocycles. The van der Waals surface area contributed by atoms with Crippen LogP contribution in [0, 0.1) is 0 Å². The highest BCUT2D eigenvalue weighted by Crippen LogP contribution is 2.34. The van der Waals surface area contributed by atoms with Gasteiger partial charge in [0.25, 0.3) is 0 Å². The van der Waals surface area contributed by atoms with E-state index in [1.54, 1.807) is 43.5 Å². The molecule has 2 aromatic carbocycles. The number of benzene rings is 2. The summed E-state index contributed by atoms with van der Waals surface area (Å²) in [5, 5.41) is 14.8. The molecule has 1 heterocycles. The second-order valence-electron chi connectivity index (χ2n) is 7.48. The first kappa shape index (κ1) is 23.3. The smallest absolute Gasteiger partial charge is 0.303 e. The number of anilines is 1. The molecule has 0 radical (unpaired) electrons. The number of nitrogens with one attached hydrogen (secondary N) is 1. The second-order valence-corrected chi connectivity index (χ2v) is 9.23. The van der Waals surface area contributed by atoms with Gasteiger partial charge in [0.1, 0.15) is 5.75 Å². The van der Waals surface area contributed by atoms with Crippen LogP contribution in [0.25, 0.3) is 0 Å². The highest BCUT2D eigenvalue weighted by Gasteiger charge is 2.33. The fourth-order valence-corrected chi connectivity index (χ4v) is 4.04. The van der Waals surface area contributed by atoms with Gasteiger partial charge < -0.3 is 9.84 Å². The van der Waals surface area contributed by atoms with E-state index >= 15 is 0 Å². The Morgan fingerprint density at radius 3 is 2.53 bits per heavy atom. The van der Waals surface area contributed by atoms with Crippen molar-refractivity contribution in [1.29, 1.82) is 0 Å². The van der Waals surface area contributed by atoms with Gasteiger partial charge in [-0.1, -0.05) is 24.3 Å². The van der Waals surface area contributed by atoms with E-state index in [9.17, 15) is 18.0 Å². The largest absolute Gasteiger partial charge is 0.497 e. The van der Waals surface area contributed by atoms with E-state index in [-0.39, 0.29) is 31.2 Å². The second kappa shape index (κ2) is 9.82. The number of sulfonamides is 1. The summed E-state index contributed by atoms with van der Waals surface area (Å²) in [4.78, 5) is 23.7. The summed E-state index contributed by atoms with van der Waals surface area (Å²) in [5.41, 5.74) is 2.59. The highest BCUT2D eigenvalue weighted by atomic mass is 32.2. The van der Waals surface area contributed by atoms with Gasteiger partial charge in [-0.15, -0.1) is 0 Å². The number of hydrogen-bond acceptors (Lipinski definition) is 6. The number of aliphatic carboxylic acids is 1. The molecule has 0 unspecified atom stereocenters. The Morgan fingerprint density at radius 2 is 1.91 bits per heavy atom. The normalized spacial score (nSPS) is 15.9. The van der Waals surface area contributed by atoms with Gasteiger partial charge in [-0.2, -0.15) is 5.10 Å². The van der Waals surface area contributed by atoms with Crippen molar-refractivity contribution in [2.45, 2.75) is 31.7 Å². The predicted octanol–water partition coefficient (Wildman–Crippen LogP) is 3.00. The first-order chi connectivity index (χ1) is 15.2. The molecule has 0 saturated heterocycles. The van der Waals surface area contributed by atoms with Crippen molar-refractivity contribution < 1.29 is 27.9 Å².